The van der Waals surface area contributed by atoms with Gasteiger partial charge in [0.2, 0.25) is 11.8 Å². The van der Waals surface area contributed by atoms with Gasteiger partial charge in [-0.1, -0.05) is 11.6 Å². The van der Waals surface area contributed by atoms with Gasteiger partial charge in [0, 0.05) is 30.7 Å². The summed E-state index contributed by atoms with van der Waals surface area (Å²) in [7, 11) is 0. The first-order chi connectivity index (χ1) is 17.0. The second-order valence-corrected chi connectivity index (χ2v) is 11.0. The van der Waals surface area contributed by atoms with Gasteiger partial charge in [0.05, 0.1) is 22.6 Å². The molecule has 1 atom stereocenters. The molecular formula is C25H28ClF3N2O5. The number of alkyl halides is 2. The number of aliphatic hydroxyl groups excluding tert-OH is 1. The van der Waals surface area contributed by atoms with Crippen molar-refractivity contribution in [3.8, 4) is 5.75 Å². The number of aliphatic hydroxyl groups is 1. The van der Waals surface area contributed by atoms with Gasteiger partial charge < -0.3 is 19.0 Å². The van der Waals surface area contributed by atoms with E-state index in [9.17, 15) is 23.1 Å². The van der Waals surface area contributed by atoms with Crippen LogP contribution in [0, 0.1) is 11.2 Å². The maximum absolute atomic E-state index is 13.6. The summed E-state index contributed by atoms with van der Waals surface area (Å²) >= 11 is 5.67. The molecule has 4 aliphatic rings. The van der Waals surface area contributed by atoms with Crippen LogP contribution in [0.25, 0.3) is 0 Å². The van der Waals surface area contributed by atoms with Crippen LogP contribution >= 0.6 is 11.6 Å². The van der Waals surface area contributed by atoms with Gasteiger partial charge in [-0.25, -0.2) is 4.39 Å². The lowest BCUT2D eigenvalue weighted by Gasteiger charge is -2.54. The van der Waals surface area contributed by atoms with Crippen LogP contribution in [0.3, 0.4) is 0 Å². The molecule has 196 valence electrons. The molecule has 0 aliphatic heterocycles. The molecule has 1 aromatic carbocycles. The molecule has 1 N–H and O–H groups in total. The van der Waals surface area contributed by atoms with Crippen molar-refractivity contribution in [2.45, 2.75) is 87.9 Å². The first-order valence-corrected chi connectivity index (χ1v) is 12.5. The Labute approximate surface area is 211 Å². The zero-order chi connectivity index (χ0) is 25.7. The molecule has 36 heavy (non-hydrogen) atoms. The van der Waals surface area contributed by atoms with E-state index in [2.05, 4.69) is 10.2 Å². The molecule has 1 aromatic heterocycles. The first kappa shape index (κ1) is 25.5. The Bertz CT molecular complexity index is 1120. The Morgan fingerprint density at radius 3 is 2.61 bits per heavy atom. The summed E-state index contributed by atoms with van der Waals surface area (Å²) in [5.74, 6) is 0.199. The minimum atomic E-state index is -3.16. The predicted octanol–water partition coefficient (Wildman–Crippen LogP) is 5.34. The van der Waals surface area contributed by atoms with Crippen molar-refractivity contribution in [2.75, 3.05) is 6.61 Å². The second kappa shape index (κ2) is 9.29. The average Bonchev–Trinajstić information content (AvgIpc) is 3.28. The minimum absolute atomic E-state index is 0.0241. The summed E-state index contributed by atoms with van der Waals surface area (Å²) < 4.78 is 55.7. The number of carbonyl (C=O) groups excluding carboxylic acids is 1. The molecule has 4 saturated carbocycles. The summed E-state index contributed by atoms with van der Waals surface area (Å²) in [6.07, 6.45) is -0.408. The summed E-state index contributed by atoms with van der Waals surface area (Å²) in [4.78, 5) is 12.7. The Balaban J connectivity index is 1.17. The SMILES string of the molecule is CC(F)(F)OC1CC(c2nnc(C34CCC(CC(=O)COc5ccc(Cl)c(F)c5)(CC3)C(O)C4)o2)C1. The number of rotatable bonds is 9. The quantitative estimate of drug-likeness (QED) is 0.469. The van der Waals surface area contributed by atoms with E-state index in [-0.39, 0.29) is 35.5 Å². The van der Waals surface area contributed by atoms with Gasteiger partial charge in [-0.05, 0) is 57.1 Å². The third-order valence-corrected chi connectivity index (χ3v) is 8.35. The van der Waals surface area contributed by atoms with E-state index in [1.165, 1.54) is 12.1 Å². The van der Waals surface area contributed by atoms with Crippen LogP contribution < -0.4 is 4.74 Å². The normalized spacial score (nSPS) is 31.8. The van der Waals surface area contributed by atoms with Crippen LogP contribution in [0.2, 0.25) is 5.02 Å². The average molecular weight is 529 g/mol. The van der Waals surface area contributed by atoms with Crippen molar-refractivity contribution in [1.82, 2.24) is 10.2 Å². The second-order valence-electron chi connectivity index (χ2n) is 10.6. The Morgan fingerprint density at radius 1 is 1.25 bits per heavy atom. The molecule has 0 saturated heterocycles. The molecule has 0 spiro atoms. The van der Waals surface area contributed by atoms with E-state index in [0.717, 1.165) is 13.0 Å². The zero-order valence-electron chi connectivity index (χ0n) is 19.8. The van der Waals surface area contributed by atoms with Crippen molar-refractivity contribution in [3.05, 3.63) is 40.8 Å². The number of halogens is 4. The van der Waals surface area contributed by atoms with Crippen molar-refractivity contribution in [3.63, 3.8) is 0 Å². The molecule has 1 heterocycles. The third kappa shape index (κ3) is 4.99. The number of hydrogen-bond acceptors (Lipinski definition) is 7. The number of hydrogen-bond donors (Lipinski definition) is 1. The van der Waals surface area contributed by atoms with Gasteiger partial charge in [0.25, 0.3) is 0 Å². The van der Waals surface area contributed by atoms with Gasteiger partial charge in [0.15, 0.2) is 5.78 Å². The number of aromatic nitrogens is 2. The summed E-state index contributed by atoms with van der Waals surface area (Å²) in [6, 6.07) is 3.99. The van der Waals surface area contributed by atoms with Gasteiger partial charge in [-0.2, -0.15) is 8.78 Å². The zero-order valence-corrected chi connectivity index (χ0v) is 20.6. The molecule has 6 rings (SSSR count). The fourth-order valence-corrected chi connectivity index (χ4v) is 6.01. The topological polar surface area (TPSA) is 94.7 Å². The van der Waals surface area contributed by atoms with Crippen LogP contribution in [0.5, 0.6) is 5.75 Å². The monoisotopic (exact) mass is 528 g/mol. The van der Waals surface area contributed by atoms with E-state index < -0.39 is 35.0 Å². The fourth-order valence-electron chi connectivity index (χ4n) is 5.89. The van der Waals surface area contributed by atoms with Crippen LogP contribution in [0.1, 0.15) is 76.0 Å². The van der Waals surface area contributed by atoms with E-state index in [1.807, 2.05) is 0 Å². The molecule has 1 unspecified atom stereocenters. The van der Waals surface area contributed by atoms with E-state index >= 15 is 0 Å². The fraction of sp³-hybridized carbons (Fsp3) is 0.640. The highest BCUT2D eigenvalue weighted by Crippen LogP contribution is 2.59. The third-order valence-electron chi connectivity index (χ3n) is 8.05. The highest BCUT2D eigenvalue weighted by Gasteiger charge is 2.57. The van der Waals surface area contributed by atoms with Crippen LogP contribution in [-0.2, 0) is 14.9 Å². The lowest BCUT2D eigenvalue weighted by Crippen LogP contribution is -2.54. The molecule has 11 heteroatoms. The number of carbonyl (C=O) groups is 1. The van der Waals surface area contributed by atoms with Gasteiger partial charge in [0.1, 0.15) is 18.2 Å². The lowest BCUT2D eigenvalue weighted by molar-refractivity contribution is -0.265. The van der Waals surface area contributed by atoms with Gasteiger partial charge in [-0.15, -0.1) is 10.2 Å². The largest absolute Gasteiger partial charge is 0.486 e. The van der Waals surface area contributed by atoms with Crippen LogP contribution in [-0.4, -0.2) is 46.0 Å². The Kier molecular flexibility index (Phi) is 6.58. The van der Waals surface area contributed by atoms with Crippen molar-refractivity contribution in [1.29, 1.82) is 0 Å². The summed E-state index contributed by atoms with van der Waals surface area (Å²) in [5.41, 5.74) is -0.997. The highest BCUT2D eigenvalue weighted by molar-refractivity contribution is 6.30. The number of fused-ring (bicyclic) bond motifs is 3. The highest BCUT2D eigenvalue weighted by atomic mass is 35.5. The summed E-state index contributed by atoms with van der Waals surface area (Å²) in [6.45, 7) is 0.507. The van der Waals surface area contributed by atoms with Crippen molar-refractivity contribution < 1.29 is 37.0 Å². The molecule has 2 bridgehead atoms. The van der Waals surface area contributed by atoms with Gasteiger partial charge in [-0.3, -0.25) is 4.79 Å². The summed E-state index contributed by atoms with van der Waals surface area (Å²) in [5, 5.41) is 19.5. The molecule has 7 nitrogen and oxygen atoms in total. The van der Waals surface area contributed by atoms with Crippen LogP contribution in [0.15, 0.2) is 22.6 Å². The smallest absolute Gasteiger partial charge is 0.353 e. The van der Waals surface area contributed by atoms with E-state index in [4.69, 9.17) is 25.5 Å². The number of nitrogens with zero attached hydrogens (tertiary/aromatic N) is 2. The number of Topliss-reactive ketones (excluding diaryl/α,β-unsaturated/α-hetero) is 1. The maximum atomic E-state index is 13.6. The molecule has 0 amide bonds. The predicted molar refractivity (Wildman–Crippen MR) is 121 cm³/mol. The Morgan fingerprint density at radius 2 is 1.97 bits per heavy atom. The minimum Gasteiger partial charge on any atom is -0.486 e. The first-order valence-electron chi connectivity index (χ1n) is 12.1. The van der Waals surface area contributed by atoms with E-state index in [0.29, 0.717) is 56.7 Å². The number of ketones is 1. The van der Waals surface area contributed by atoms with Crippen LogP contribution in [0.4, 0.5) is 13.2 Å². The molecule has 2 aromatic rings. The van der Waals surface area contributed by atoms with Crippen molar-refractivity contribution in [2.24, 2.45) is 5.41 Å². The number of benzene rings is 1. The van der Waals surface area contributed by atoms with Crippen molar-refractivity contribution >= 4 is 17.4 Å². The van der Waals surface area contributed by atoms with E-state index in [1.54, 1.807) is 0 Å². The maximum Gasteiger partial charge on any atom is 0.353 e. The lowest BCUT2D eigenvalue weighted by atomic mass is 9.51. The Hall–Kier alpha value is -2.17. The molecule has 4 fully saturated rings. The molecular weight excluding hydrogens is 501 g/mol. The van der Waals surface area contributed by atoms with Gasteiger partial charge >= 0.3 is 6.11 Å². The molecule has 0 radical (unpaired) electrons. The number of ether oxygens (including phenoxy) is 2. The molecule has 4 aliphatic carbocycles. The standard InChI is InChI=1S/C25H28ClF3N2O5/c1-23(28,29)36-17-8-14(9-17)21-30-31-22(35-21)25-6-4-24(5-7-25,20(33)12-25)11-15(32)13-34-16-2-3-18(26)19(27)10-16/h2-3,10,14,17,20,33H,4-9,11-13H2,1H3.